The number of carbonyl (C=O) groups is 2. The van der Waals surface area contributed by atoms with Crippen molar-refractivity contribution in [3.05, 3.63) is 47.5 Å². The third kappa shape index (κ3) is 6.77. The van der Waals surface area contributed by atoms with E-state index in [1.807, 2.05) is 29.3 Å². The summed E-state index contributed by atoms with van der Waals surface area (Å²) in [5, 5.41) is 13.8. The SMILES string of the molecule is CCCCCC(O)/C=C\CN1CCC(=O)N1CCc1ccc(C(=O)OC)cc1. The first-order valence-corrected chi connectivity index (χ1v) is 10.1. The van der Waals surface area contributed by atoms with Crippen molar-refractivity contribution in [2.24, 2.45) is 0 Å². The fourth-order valence-electron chi connectivity index (χ4n) is 3.29. The molecule has 6 heteroatoms. The molecule has 1 atom stereocenters. The number of esters is 1. The second-order valence-electron chi connectivity index (χ2n) is 7.11. The number of hydrazine groups is 1. The second-order valence-corrected chi connectivity index (χ2v) is 7.11. The van der Waals surface area contributed by atoms with Crippen LogP contribution in [-0.2, 0) is 16.0 Å². The zero-order valence-corrected chi connectivity index (χ0v) is 17.0. The molecule has 0 aliphatic carbocycles. The van der Waals surface area contributed by atoms with Gasteiger partial charge in [0.05, 0.1) is 18.8 Å². The van der Waals surface area contributed by atoms with E-state index in [9.17, 15) is 14.7 Å². The molecule has 2 rings (SSSR count). The summed E-state index contributed by atoms with van der Waals surface area (Å²) in [6.07, 6.45) is 8.72. The van der Waals surface area contributed by atoms with Gasteiger partial charge in [0.2, 0.25) is 5.91 Å². The van der Waals surface area contributed by atoms with E-state index in [2.05, 4.69) is 6.92 Å². The van der Waals surface area contributed by atoms with Crippen LogP contribution in [0.3, 0.4) is 0 Å². The van der Waals surface area contributed by atoms with Gasteiger partial charge in [0.15, 0.2) is 0 Å². The number of hydrogen-bond acceptors (Lipinski definition) is 5. The van der Waals surface area contributed by atoms with Crippen molar-refractivity contribution in [2.75, 3.05) is 26.7 Å². The molecule has 0 saturated carbocycles. The number of aliphatic hydroxyl groups is 1. The second kappa shape index (κ2) is 11.6. The largest absolute Gasteiger partial charge is 0.465 e. The predicted octanol–water partition coefficient (Wildman–Crippen LogP) is 2.96. The number of benzene rings is 1. The smallest absolute Gasteiger partial charge is 0.337 e. The van der Waals surface area contributed by atoms with Gasteiger partial charge in [-0.15, -0.1) is 0 Å². The number of aliphatic hydroxyl groups excluding tert-OH is 1. The lowest BCUT2D eigenvalue weighted by molar-refractivity contribution is -0.137. The molecule has 0 spiro atoms. The maximum absolute atomic E-state index is 12.2. The first-order valence-electron chi connectivity index (χ1n) is 10.1. The quantitative estimate of drug-likeness (QED) is 0.359. The Hall–Kier alpha value is -2.18. The molecule has 0 bridgehead atoms. The van der Waals surface area contributed by atoms with Gasteiger partial charge < -0.3 is 9.84 Å². The first kappa shape index (κ1) is 22.1. The molecule has 1 N–H and O–H groups in total. The van der Waals surface area contributed by atoms with Crippen molar-refractivity contribution in [2.45, 2.75) is 51.6 Å². The van der Waals surface area contributed by atoms with E-state index in [1.165, 1.54) is 7.11 Å². The molecule has 0 radical (unpaired) electrons. The van der Waals surface area contributed by atoms with Gasteiger partial charge in [0, 0.05) is 26.1 Å². The molecule has 28 heavy (non-hydrogen) atoms. The van der Waals surface area contributed by atoms with Gasteiger partial charge in [-0.3, -0.25) is 9.80 Å². The summed E-state index contributed by atoms with van der Waals surface area (Å²) in [7, 11) is 1.36. The Balaban J connectivity index is 1.82. The third-order valence-electron chi connectivity index (χ3n) is 4.98. The molecule has 1 aromatic carbocycles. The summed E-state index contributed by atoms with van der Waals surface area (Å²) in [5.74, 6) is -0.223. The van der Waals surface area contributed by atoms with Crippen LogP contribution in [0.25, 0.3) is 0 Å². The summed E-state index contributed by atoms with van der Waals surface area (Å²) in [5.41, 5.74) is 1.59. The molecule has 1 aliphatic heterocycles. The number of amides is 1. The van der Waals surface area contributed by atoms with Gasteiger partial charge in [0.25, 0.3) is 0 Å². The van der Waals surface area contributed by atoms with Crippen molar-refractivity contribution in [3.8, 4) is 0 Å². The van der Waals surface area contributed by atoms with Crippen molar-refractivity contribution in [1.82, 2.24) is 10.0 Å². The van der Waals surface area contributed by atoms with Gasteiger partial charge in [-0.25, -0.2) is 9.80 Å². The van der Waals surface area contributed by atoms with E-state index >= 15 is 0 Å². The van der Waals surface area contributed by atoms with Crippen LogP contribution < -0.4 is 0 Å². The Labute approximate surface area is 167 Å². The predicted molar refractivity (Wildman–Crippen MR) is 109 cm³/mol. The van der Waals surface area contributed by atoms with Crippen molar-refractivity contribution in [3.63, 3.8) is 0 Å². The molecule has 154 valence electrons. The molecule has 1 aromatic rings. The monoisotopic (exact) mass is 388 g/mol. The summed E-state index contributed by atoms with van der Waals surface area (Å²) in [4.78, 5) is 23.7. The lowest BCUT2D eigenvalue weighted by Crippen LogP contribution is -2.40. The van der Waals surface area contributed by atoms with E-state index in [4.69, 9.17) is 4.74 Å². The lowest BCUT2D eigenvalue weighted by Gasteiger charge is -2.27. The number of rotatable bonds is 11. The number of methoxy groups -OCH3 is 1. The van der Waals surface area contributed by atoms with Crippen LogP contribution in [0.1, 0.15) is 54.9 Å². The molecule has 1 amide bonds. The molecule has 0 aromatic heterocycles. The average molecular weight is 389 g/mol. The summed E-state index contributed by atoms with van der Waals surface area (Å²) in [6, 6.07) is 7.27. The van der Waals surface area contributed by atoms with E-state index in [0.29, 0.717) is 38.0 Å². The minimum atomic E-state index is -0.411. The van der Waals surface area contributed by atoms with Crippen LogP contribution in [0.15, 0.2) is 36.4 Å². The Morgan fingerprint density at radius 3 is 2.71 bits per heavy atom. The van der Waals surface area contributed by atoms with Gasteiger partial charge in [0.1, 0.15) is 0 Å². The average Bonchev–Trinajstić information content (AvgIpc) is 3.06. The highest BCUT2D eigenvalue weighted by Gasteiger charge is 2.27. The molecule has 6 nitrogen and oxygen atoms in total. The molecular weight excluding hydrogens is 356 g/mol. The number of unbranched alkanes of at least 4 members (excludes halogenated alkanes) is 2. The van der Waals surface area contributed by atoms with Gasteiger partial charge in [-0.1, -0.05) is 50.5 Å². The number of hydrogen-bond donors (Lipinski definition) is 1. The molecule has 1 heterocycles. The van der Waals surface area contributed by atoms with Crippen LogP contribution in [0.2, 0.25) is 0 Å². The summed E-state index contributed by atoms with van der Waals surface area (Å²) >= 11 is 0. The van der Waals surface area contributed by atoms with Crippen molar-refractivity contribution >= 4 is 11.9 Å². The standard InChI is InChI=1S/C22H32N2O4/c1-3-4-5-7-20(25)8-6-15-23-16-14-21(26)24(23)17-13-18-9-11-19(12-10-18)22(27)28-2/h6,8-12,20,25H,3-5,7,13-17H2,1-2H3/b8-6-. The highest BCUT2D eigenvalue weighted by atomic mass is 16.5. The summed E-state index contributed by atoms with van der Waals surface area (Å²) < 4.78 is 4.70. The molecule has 1 saturated heterocycles. The van der Waals surface area contributed by atoms with Crippen LogP contribution in [0.5, 0.6) is 0 Å². The fourth-order valence-corrected chi connectivity index (χ4v) is 3.29. The number of nitrogens with zero attached hydrogens (tertiary/aromatic N) is 2. The highest BCUT2D eigenvalue weighted by molar-refractivity contribution is 5.89. The number of carbonyl (C=O) groups excluding carboxylic acids is 2. The molecule has 1 unspecified atom stereocenters. The zero-order valence-electron chi connectivity index (χ0n) is 17.0. The van der Waals surface area contributed by atoms with Crippen molar-refractivity contribution < 1.29 is 19.4 Å². The van der Waals surface area contributed by atoms with Crippen LogP contribution >= 0.6 is 0 Å². The normalized spacial score (nSPS) is 16.1. The van der Waals surface area contributed by atoms with Crippen LogP contribution in [0, 0.1) is 0 Å². The highest BCUT2D eigenvalue weighted by Crippen LogP contribution is 2.14. The number of ether oxygens (including phenoxy) is 1. The topological polar surface area (TPSA) is 70.1 Å². The van der Waals surface area contributed by atoms with E-state index in [-0.39, 0.29) is 11.9 Å². The minimum absolute atomic E-state index is 0.128. The van der Waals surface area contributed by atoms with Gasteiger partial charge in [-0.05, 0) is 30.5 Å². The van der Waals surface area contributed by atoms with Gasteiger partial charge in [-0.2, -0.15) is 0 Å². The molecule has 1 fully saturated rings. The third-order valence-corrected chi connectivity index (χ3v) is 4.98. The zero-order chi connectivity index (χ0) is 20.4. The summed E-state index contributed by atoms with van der Waals surface area (Å²) in [6.45, 7) is 4.08. The Bertz CT molecular complexity index is 657. The van der Waals surface area contributed by atoms with Gasteiger partial charge >= 0.3 is 5.97 Å². The van der Waals surface area contributed by atoms with Crippen LogP contribution in [0.4, 0.5) is 0 Å². The fraction of sp³-hybridized carbons (Fsp3) is 0.545. The molecular formula is C22H32N2O4. The first-order chi connectivity index (χ1) is 13.5. The Morgan fingerprint density at radius 2 is 2.04 bits per heavy atom. The maximum atomic E-state index is 12.2. The van der Waals surface area contributed by atoms with E-state index < -0.39 is 6.10 Å². The van der Waals surface area contributed by atoms with Crippen molar-refractivity contribution in [1.29, 1.82) is 0 Å². The maximum Gasteiger partial charge on any atom is 0.337 e. The Kier molecular flexibility index (Phi) is 9.17. The lowest BCUT2D eigenvalue weighted by atomic mass is 10.1. The minimum Gasteiger partial charge on any atom is -0.465 e. The molecule has 1 aliphatic rings. The Morgan fingerprint density at radius 1 is 1.29 bits per heavy atom. The van der Waals surface area contributed by atoms with E-state index in [1.54, 1.807) is 17.1 Å². The van der Waals surface area contributed by atoms with Crippen LogP contribution in [-0.4, -0.2) is 59.8 Å². The van der Waals surface area contributed by atoms with E-state index in [0.717, 1.165) is 31.2 Å².